The van der Waals surface area contributed by atoms with Crippen LogP contribution in [-0.4, -0.2) is 29.1 Å². The number of fused-ring (bicyclic) bond motifs is 1. The van der Waals surface area contributed by atoms with Crippen molar-refractivity contribution in [3.05, 3.63) is 89.7 Å². The average molecular weight is 385 g/mol. The van der Waals surface area contributed by atoms with E-state index < -0.39 is 0 Å². The summed E-state index contributed by atoms with van der Waals surface area (Å²) >= 11 is 0. The third-order valence-corrected chi connectivity index (χ3v) is 4.94. The molecule has 1 amide bonds. The van der Waals surface area contributed by atoms with Gasteiger partial charge in [0.15, 0.2) is 0 Å². The van der Waals surface area contributed by atoms with E-state index in [1.54, 1.807) is 7.11 Å². The van der Waals surface area contributed by atoms with Crippen LogP contribution in [0, 0.1) is 6.92 Å². The fourth-order valence-electron chi connectivity index (χ4n) is 3.48. The maximum Gasteiger partial charge on any atom is 0.251 e. The number of nitrogens with zero attached hydrogens (tertiary/aromatic N) is 2. The van der Waals surface area contributed by atoms with Crippen LogP contribution in [0.2, 0.25) is 0 Å². The Morgan fingerprint density at radius 1 is 1.03 bits per heavy atom. The number of imidazole rings is 1. The molecule has 0 fully saturated rings. The molecule has 0 aliphatic carbocycles. The third kappa shape index (κ3) is 3.99. The van der Waals surface area contributed by atoms with Crippen molar-refractivity contribution in [3.63, 3.8) is 0 Å². The number of methoxy groups -OCH3 is 1. The van der Waals surface area contributed by atoms with Gasteiger partial charge in [0.2, 0.25) is 0 Å². The number of carbonyl (C=O) groups is 1. The van der Waals surface area contributed by atoms with Crippen LogP contribution in [0.3, 0.4) is 0 Å². The molecule has 0 aliphatic heterocycles. The van der Waals surface area contributed by atoms with Crippen LogP contribution in [0.5, 0.6) is 5.75 Å². The molecule has 0 atom stereocenters. The summed E-state index contributed by atoms with van der Waals surface area (Å²) in [6.07, 6.45) is 0.804. The molecule has 5 nitrogen and oxygen atoms in total. The molecule has 0 saturated carbocycles. The van der Waals surface area contributed by atoms with E-state index in [0.717, 1.165) is 34.7 Å². The number of amides is 1. The fourth-order valence-corrected chi connectivity index (χ4v) is 3.48. The van der Waals surface area contributed by atoms with Gasteiger partial charge >= 0.3 is 0 Å². The number of hydrogen-bond donors (Lipinski definition) is 1. The molecule has 0 radical (unpaired) electrons. The van der Waals surface area contributed by atoms with E-state index in [1.165, 1.54) is 5.56 Å². The van der Waals surface area contributed by atoms with Crippen molar-refractivity contribution in [3.8, 4) is 11.4 Å². The standard InChI is InChI=1S/C24H23N3O2/c1-17-26-22-15-19(24(28)25-14-13-18-7-4-3-5-8-18)11-12-23(22)27(17)20-9-6-10-21(16-20)29-2/h3-12,15-16H,13-14H2,1-2H3,(H,25,28). The number of rotatable bonds is 6. The van der Waals surface area contributed by atoms with Crippen molar-refractivity contribution >= 4 is 16.9 Å². The van der Waals surface area contributed by atoms with E-state index in [9.17, 15) is 4.79 Å². The predicted octanol–water partition coefficient (Wildman–Crippen LogP) is 4.32. The van der Waals surface area contributed by atoms with Crippen molar-refractivity contribution < 1.29 is 9.53 Å². The summed E-state index contributed by atoms with van der Waals surface area (Å²) in [5.74, 6) is 1.56. The minimum atomic E-state index is -0.0867. The first-order valence-electron chi connectivity index (χ1n) is 9.61. The second-order valence-corrected chi connectivity index (χ2v) is 6.89. The Labute approximate surface area is 170 Å². The van der Waals surface area contributed by atoms with Crippen molar-refractivity contribution in [2.24, 2.45) is 0 Å². The van der Waals surface area contributed by atoms with Gasteiger partial charge < -0.3 is 10.1 Å². The highest BCUT2D eigenvalue weighted by Gasteiger charge is 2.13. The fraction of sp³-hybridized carbons (Fsp3) is 0.167. The molecule has 1 heterocycles. The Balaban J connectivity index is 1.54. The largest absolute Gasteiger partial charge is 0.497 e. The normalized spacial score (nSPS) is 10.8. The number of aromatic nitrogens is 2. The summed E-state index contributed by atoms with van der Waals surface area (Å²) in [4.78, 5) is 17.2. The quantitative estimate of drug-likeness (QED) is 0.538. The topological polar surface area (TPSA) is 56.2 Å². The van der Waals surface area contributed by atoms with Crippen LogP contribution in [0.1, 0.15) is 21.7 Å². The molecule has 146 valence electrons. The zero-order valence-corrected chi connectivity index (χ0v) is 16.6. The summed E-state index contributed by atoms with van der Waals surface area (Å²) in [6, 6.07) is 23.6. The number of nitrogens with one attached hydrogen (secondary N) is 1. The number of aryl methyl sites for hydroxylation is 1. The Morgan fingerprint density at radius 3 is 2.66 bits per heavy atom. The number of hydrogen-bond acceptors (Lipinski definition) is 3. The zero-order chi connectivity index (χ0) is 20.2. The number of carbonyl (C=O) groups excluding carboxylic acids is 1. The first kappa shape index (κ1) is 18.7. The predicted molar refractivity (Wildman–Crippen MR) is 115 cm³/mol. The number of benzene rings is 3. The van der Waals surface area contributed by atoms with Gasteiger partial charge in [-0.15, -0.1) is 0 Å². The van der Waals surface area contributed by atoms with Gasteiger partial charge in [0, 0.05) is 18.2 Å². The van der Waals surface area contributed by atoms with E-state index in [-0.39, 0.29) is 5.91 Å². The molecule has 4 rings (SSSR count). The lowest BCUT2D eigenvalue weighted by atomic mass is 10.1. The molecular weight excluding hydrogens is 362 g/mol. The van der Waals surface area contributed by atoms with E-state index >= 15 is 0 Å². The maximum atomic E-state index is 12.6. The van der Waals surface area contributed by atoms with Gasteiger partial charge in [-0.1, -0.05) is 36.4 Å². The Kier molecular flexibility index (Phi) is 5.29. The Bertz CT molecular complexity index is 1150. The zero-order valence-electron chi connectivity index (χ0n) is 16.6. The van der Waals surface area contributed by atoms with E-state index in [0.29, 0.717) is 12.1 Å². The molecule has 1 N–H and O–H groups in total. The second kappa shape index (κ2) is 8.19. The molecule has 3 aromatic carbocycles. The van der Waals surface area contributed by atoms with Crippen LogP contribution in [0.15, 0.2) is 72.8 Å². The lowest BCUT2D eigenvalue weighted by Crippen LogP contribution is -2.25. The molecule has 29 heavy (non-hydrogen) atoms. The first-order valence-corrected chi connectivity index (χ1v) is 9.61. The van der Waals surface area contributed by atoms with E-state index in [1.807, 2.05) is 67.6 Å². The van der Waals surface area contributed by atoms with Gasteiger partial charge in [0.25, 0.3) is 5.91 Å². The van der Waals surface area contributed by atoms with Crippen molar-refractivity contribution in [1.82, 2.24) is 14.9 Å². The van der Waals surface area contributed by atoms with Gasteiger partial charge in [0.05, 0.1) is 23.8 Å². The van der Waals surface area contributed by atoms with Crippen molar-refractivity contribution in [1.29, 1.82) is 0 Å². The van der Waals surface area contributed by atoms with Crippen LogP contribution in [0.25, 0.3) is 16.7 Å². The molecule has 0 saturated heterocycles. The summed E-state index contributed by atoms with van der Waals surface area (Å²) in [5.41, 5.74) is 4.54. The molecule has 4 aromatic rings. The van der Waals surface area contributed by atoms with Crippen LogP contribution in [-0.2, 0) is 6.42 Å². The number of ether oxygens (including phenoxy) is 1. The van der Waals surface area contributed by atoms with Gasteiger partial charge in [-0.3, -0.25) is 9.36 Å². The van der Waals surface area contributed by atoms with Crippen LogP contribution in [0.4, 0.5) is 0 Å². The molecule has 0 bridgehead atoms. The highest BCUT2D eigenvalue weighted by atomic mass is 16.5. The van der Waals surface area contributed by atoms with E-state index in [2.05, 4.69) is 27.0 Å². The molecule has 5 heteroatoms. The molecular formula is C24H23N3O2. The lowest BCUT2D eigenvalue weighted by Gasteiger charge is -2.09. The van der Waals surface area contributed by atoms with Gasteiger partial charge in [0.1, 0.15) is 11.6 Å². The highest BCUT2D eigenvalue weighted by molar-refractivity contribution is 5.97. The van der Waals surface area contributed by atoms with Crippen molar-refractivity contribution in [2.45, 2.75) is 13.3 Å². The van der Waals surface area contributed by atoms with E-state index in [4.69, 9.17) is 4.74 Å². The summed E-state index contributed by atoms with van der Waals surface area (Å²) < 4.78 is 7.40. The Hall–Kier alpha value is -3.60. The van der Waals surface area contributed by atoms with Gasteiger partial charge in [-0.2, -0.15) is 0 Å². The maximum absolute atomic E-state index is 12.6. The van der Waals surface area contributed by atoms with Gasteiger partial charge in [-0.25, -0.2) is 4.98 Å². The highest BCUT2D eigenvalue weighted by Crippen LogP contribution is 2.24. The lowest BCUT2D eigenvalue weighted by molar-refractivity contribution is 0.0954. The summed E-state index contributed by atoms with van der Waals surface area (Å²) in [7, 11) is 1.65. The van der Waals surface area contributed by atoms with Crippen LogP contribution >= 0.6 is 0 Å². The first-order chi connectivity index (χ1) is 14.2. The van der Waals surface area contributed by atoms with Crippen molar-refractivity contribution in [2.75, 3.05) is 13.7 Å². The third-order valence-electron chi connectivity index (χ3n) is 4.94. The SMILES string of the molecule is COc1cccc(-n2c(C)nc3cc(C(=O)NCCc4ccccc4)ccc32)c1. The minimum absolute atomic E-state index is 0.0867. The summed E-state index contributed by atoms with van der Waals surface area (Å²) in [5, 5.41) is 2.99. The van der Waals surface area contributed by atoms with Crippen LogP contribution < -0.4 is 10.1 Å². The molecule has 0 aliphatic rings. The molecule has 1 aromatic heterocycles. The van der Waals surface area contributed by atoms with Gasteiger partial charge in [-0.05, 0) is 49.2 Å². The smallest absolute Gasteiger partial charge is 0.251 e. The average Bonchev–Trinajstić information content (AvgIpc) is 3.09. The summed E-state index contributed by atoms with van der Waals surface area (Å²) in [6.45, 7) is 2.55. The Morgan fingerprint density at radius 2 is 1.86 bits per heavy atom. The molecule has 0 unspecified atom stereocenters. The second-order valence-electron chi connectivity index (χ2n) is 6.89. The molecule has 0 spiro atoms. The minimum Gasteiger partial charge on any atom is -0.497 e. The monoisotopic (exact) mass is 385 g/mol.